The zero-order chi connectivity index (χ0) is 23.0. The molecule has 2 heterocycles. The summed E-state index contributed by atoms with van der Waals surface area (Å²) in [7, 11) is -1.86. The van der Waals surface area contributed by atoms with Crippen LogP contribution in [-0.2, 0) is 9.84 Å². The first-order valence-corrected chi connectivity index (χ1v) is 11.6. The van der Waals surface area contributed by atoms with Crippen molar-refractivity contribution in [1.29, 1.82) is 0 Å². The van der Waals surface area contributed by atoms with Gasteiger partial charge in [0.05, 0.1) is 6.61 Å². The molecule has 0 spiro atoms. The van der Waals surface area contributed by atoms with Crippen molar-refractivity contribution < 1.29 is 17.5 Å². The Balaban J connectivity index is 1.89. The van der Waals surface area contributed by atoms with Gasteiger partial charge in [-0.25, -0.2) is 17.8 Å². The van der Waals surface area contributed by atoms with Crippen molar-refractivity contribution in [1.82, 2.24) is 20.2 Å². The van der Waals surface area contributed by atoms with Gasteiger partial charge in [0.1, 0.15) is 27.8 Å². The van der Waals surface area contributed by atoms with Crippen molar-refractivity contribution in [2.45, 2.75) is 11.8 Å². The standard InChI is InChI=1S/C21H21FN6O3S/c1-4-31-16-9-8-12(10-17(16)32(3,29)30)14-11-24-21(23)25-19(14)28(2)20-13-6-5-7-15(22)18(13)26-27-20/h5-11H,4H2,1-3H3,(H,26,27)(H2,23,24,25). The van der Waals surface area contributed by atoms with Gasteiger partial charge in [0.15, 0.2) is 15.7 Å². The van der Waals surface area contributed by atoms with E-state index in [1.165, 1.54) is 18.3 Å². The van der Waals surface area contributed by atoms with Gasteiger partial charge in [-0.1, -0.05) is 12.1 Å². The molecule has 0 aliphatic carbocycles. The fourth-order valence-electron chi connectivity index (χ4n) is 3.43. The summed E-state index contributed by atoms with van der Waals surface area (Å²) in [4.78, 5) is 10.1. The predicted molar refractivity (Wildman–Crippen MR) is 120 cm³/mol. The smallest absolute Gasteiger partial charge is 0.221 e. The molecule has 32 heavy (non-hydrogen) atoms. The zero-order valence-corrected chi connectivity index (χ0v) is 18.4. The van der Waals surface area contributed by atoms with Crippen molar-refractivity contribution in [2.24, 2.45) is 0 Å². The average molecular weight is 457 g/mol. The van der Waals surface area contributed by atoms with Crippen LogP contribution in [0, 0.1) is 5.82 Å². The van der Waals surface area contributed by atoms with Crippen LogP contribution in [0.4, 0.5) is 22.0 Å². The number of aromatic amines is 1. The molecule has 0 bridgehead atoms. The first-order chi connectivity index (χ1) is 15.2. The van der Waals surface area contributed by atoms with Gasteiger partial charge in [-0.05, 0) is 36.8 Å². The molecule has 0 atom stereocenters. The Morgan fingerprint density at radius 2 is 2.00 bits per heavy atom. The third-order valence-electron chi connectivity index (χ3n) is 4.90. The van der Waals surface area contributed by atoms with Crippen molar-refractivity contribution in [3.8, 4) is 16.9 Å². The number of nitrogens with one attached hydrogen (secondary N) is 1. The molecule has 0 aliphatic rings. The summed E-state index contributed by atoms with van der Waals surface area (Å²) in [5.74, 6) is 0.656. The molecule has 2 aromatic heterocycles. The maximum Gasteiger partial charge on any atom is 0.221 e. The summed E-state index contributed by atoms with van der Waals surface area (Å²) < 4.78 is 44.3. The summed E-state index contributed by atoms with van der Waals surface area (Å²) in [6, 6.07) is 9.48. The molecule has 0 aliphatic heterocycles. The molecule has 11 heteroatoms. The SMILES string of the molecule is CCOc1ccc(-c2cnc(N)nc2N(C)c2n[nH]c3c(F)cccc23)cc1S(C)(=O)=O. The number of rotatable bonds is 6. The fourth-order valence-corrected chi connectivity index (χ4v) is 4.27. The molecule has 0 amide bonds. The van der Waals surface area contributed by atoms with Gasteiger partial charge in [-0.15, -0.1) is 0 Å². The van der Waals surface area contributed by atoms with Crippen LogP contribution in [-0.4, -0.2) is 48.5 Å². The van der Waals surface area contributed by atoms with Gasteiger partial charge < -0.3 is 15.4 Å². The number of hydrogen-bond donors (Lipinski definition) is 2. The number of nitrogens with two attached hydrogens (primary N) is 1. The van der Waals surface area contributed by atoms with Crippen LogP contribution in [0.1, 0.15) is 6.92 Å². The molecule has 0 saturated carbocycles. The number of benzene rings is 2. The van der Waals surface area contributed by atoms with E-state index in [4.69, 9.17) is 10.5 Å². The van der Waals surface area contributed by atoms with E-state index in [1.54, 1.807) is 43.1 Å². The molecule has 166 valence electrons. The number of hydrogen-bond acceptors (Lipinski definition) is 8. The Bertz CT molecular complexity index is 1420. The summed E-state index contributed by atoms with van der Waals surface area (Å²) in [5, 5.41) is 7.49. The molecule has 4 rings (SSSR count). The van der Waals surface area contributed by atoms with Gasteiger partial charge >= 0.3 is 0 Å². The van der Waals surface area contributed by atoms with Crippen LogP contribution in [0.5, 0.6) is 5.75 Å². The Kier molecular flexibility index (Phi) is 5.43. The van der Waals surface area contributed by atoms with E-state index in [0.29, 0.717) is 34.8 Å². The van der Waals surface area contributed by atoms with E-state index in [-0.39, 0.29) is 22.1 Å². The molecular formula is C21H21FN6O3S. The number of nitrogen functional groups attached to an aromatic ring is 1. The van der Waals surface area contributed by atoms with E-state index >= 15 is 0 Å². The van der Waals surface area contributed by atoms with Crippen LogP contribution in [0.3, 0.4) is 0 Å². The predicted octanol–water partition coefficient (Wildman–Crippen LogP) is 3.31. The molecular weight excluding hydrogens is 435 g/mol. The molecule has 4 aromatic rings. The van der Waals surface area contributed by atoms with Crippen molar-refractivity contribution in [3.05, 3.63) is 48.4 Å². The highest BCUT2D eigenvalue weighted by Crippen LogP contribution is 2.37. The van der Waals surface area contributed by atoms with E-state index in [9.17, 15) is 12.8 Å². The normalized spacial score (nSPS) is 11.6. The second-order valence-electron chi connectivity index (χ2n) is 7.10. The number of para-hydroxylation sites is 1. The fraction of sp³-hybridized carbons (Fsp3) is 0.190. The Hall–Kier alpha value is -3.73. The molecule has 3 N–H and O–H groups in total. The molecule has 0 unspecified atom stereocenters. The molecule has 2 aromatic carbocycles. The largest absolute Gasteiger partial charge is 0.493 e. The van der Waals surface area contributed by atoms with Crippen LogP contribution in [0.2, 0.25) is 0 Å². The maximum atomic E-state index is 14.1. The van der Waals surface area contributed by atoms with Gasteiger partial charge in [-0.2, -0.15) is 10.1 Å². The van der Waals surface area contributed by atoms with E-state index in [1.807, 2.05) is 0 Å². The van der Waals surface area contributed by atoms with Crippen LogP contribution in [0.25, 0.3) is 22.0 Å². The number of nitrogens with zero attached hydrogens (tertiary/aromatic N) is 4. The molecule has 0 saturated heterocycles. The van der Waals surface area contributed by atoms with Crippen LogP contribution < -0.4 is 15.4 Å². The third-order valence-corrected chi connectivity index (χ3v) is 6.02. The topological polar surface area (TPSA) is 127 Å². The number of fused-ring (bicyclic) bond motifs is 1. The van der Waals surface area contributed by atoms with Crippen LogP contribution >= 0.6 is 0 Å². The average Bonchev–Trinajstić information content (AvgIpc) is 3.18. The summed E-state index contributed by atoms with van der Waals surface area (Å²) in [6.45, 7) is 2.10. The highest BCUT2D eigenvalue weighted by Gasteiger charge is 2.22. The Morgan fingerprint density at radius 3 is 2.72 bits per heavy atom. The summed E-state index contributed by atoms with van der Waals surface area (Å²) in [5.41, 5.74) is 7.16. The number of halogens is 1. The molecule has 0 fully saturated rings. The lowest BCUT2D eigenvalue weighted by atomic mass is 10.1. The number of ether oxygens (including phenoxy) is 1. The van der Waals surface area contributed by atoms with Gasteiger partial charge in [0.25, 0.3) is 0 Å². The maximum absolute atomic E-state index is 14.1. The summed E-state index contributed by atoms with van der Waals surface area (Å²) in [6.07, 6.45) is 2.62. The third kappa shape index (κ3) is 3.82. The van der Waals surface area contributed by atoms with Crippen LogP contribution in [0.15, 0.2) is 47.5 Å². The number of anilines is 3. The highest BCUT2D eigenvalue weighted by atomic mass is 32.2. The van der Waals surface area contributed by atoms with E-state index in [2.05, 4.69) is 20.2 Å². The first kappa shape index (κ1) is 21.5. The number of aromatic nitrogens is 4. The van der Waals surface area contributed by atoms with E-state index in [0.717, 1.165) is 6.26 Å². The minimum Gasteiger partial charge on any atom is -0.493 e. The number of H-pyrrole nitrogens is 1. The minimum atomic E-state index is -3.57. The second-order valence-corrected chi connectivity index (χ2v) is 9.08. The van der Waals surface area contributed by atoms with E-state index < -0.39 is 15.7 Å². The summed E-state index contributed by atoms with van der Waals surface area (Å²) >= 11 is 0. The van der Waals surface area contributed by atoms with Crippen molar-refractivity contribution in [2.75, 3.05) is 30.5 Å². The lowest BCUT2D eigenvalue weighted by molar-refractivity contribution is 0.331. The lowest BCUT2D eigenvalue weighted by Crippen LogP contribution is -2.15. The molecule has 9 nitrogen and oxygen atoms in total. The molecule has 0 radical (unpaired) electrons. The number of sulfone groups is 1. The Labute approximate surface area is 184 Å². The minimum absolute atomic E-state index is 0.0240. The van der Waals surface area contributed by atoms with Crippen molar-refractivity contribution >= 4 is 38.3 Å². The first-order valence-electron chi connectivity index (χ1n) is 9.66. The second kappa shape index (κ2) is 8.08. The Morgan fingerprint density at radius 1 is 1.22 bits per heavy atom. The zero-order valence-electron chi connectivity index (χ0n) is 17.6. The monoisotopic (exact) mass is 456 g/mol. The van der Waals surface area contributed by atoms with Gasteiger partial charge in [0.2, 0.25) is 5.95 Å². The quantitative estimate of drug-likeness (QED) is 0.452. The van der Waals surface area contributed by atoms with Crippen molar-refractivity contribution in [3.63, 3.8) is 0 Å². The van der Waals surface area contributed by atoms with Gasteiger partial charge in [0, 0.05) is 30.4 Å². The lowest BCUT2D eigenvalue weighted by Gasteiger charge is -2.20. The van der Waals surface area contributed by atoms with Gasteiger partial charge in [-0.3, -0.25) is 5.10 Å². The highest BCUT2D eigenvalue weighted by molar-refractivity contribution is 7.90.